The molecule has 0 bridgehead atoms. The van der Waals surface area contributed by atoms with E-state index in [2.05, 4.69) is 74.2 Å². The number of hydrogen-bond acceptors (Lipinski definition) is 2. The van der Waals surface area contributed by atoms with Crippen LogP contribution in [0.15, 0.2) is 24.3 Å². The van der Waals surface area contributed by atoms with Crippen molar-refractivity contribution in [3.8, 4) is 0 Å². The van der Waals surface area contributed by atoms with Crippen LogP contribution in [0.25, 0.3) is 0 Å². The van der Waals surface area contributed by atoms with Gasteiger partial charge in [-0.2, -0.15) is 0 Å². The molecule has 2 nitrogen and oxygen atoms in total. The Morgan fingerprint density at radius 2 is 1.76 bits per heavy atom. The minimum absolute atomic E-state index is 0.624. The molecule has 1 aromatic rings. The van der Waals surface area contributed by atoms with E-state index >= 15 is 0 Å². The van der Waals surface area contributed by atoms with E-state index in [0.29, 0.717) is 5.92 Å². The fourth-order valence-electron chi connectivity index (χ4n) is 3.07. The Labute approximate surface area is 160 Å². The van der Waals surface area contributed by atoms with Crippen molar-refractivity contribution in [1.82, 2.24) is 0 Å². The monoisotopic (exact) mass is 404 g/mol. The minimum atomic E-state index is -2.19. The number of unbranched alkanes of at least 4 members (excludes halogenated alkanes) is 1. The van der Waals surface area contributed by atoms with Gasteiger partial charge in [-0.15, -0.1) is 0 Å². The summed E-state index contributed by atoms with van der Waals surface area (Å²) in [5.41, 5.74) is 1.29. The number of benzene rings is 1. The van der Waals surface area contributed by atoms with E-state index in [9.17, 15) is 0 Å². The molecule has 0 aromatic heterocycles. The number of rotatable bonds is 12. The summed E-state index contributed by atoms with van der Waals surface area (Å²) in [6, 6.07) is 8.69. The standard InChI is InChI=1S/C20H39O2P3/c1-7-9-11-19(18(4)10-8-2)16-21-25(6,23)22-24(5)20-14-12-17(3)13-15-20/h12-15,18-19,25H,7-11,16,23H2,1-6H3. The second-order valence-electron chi connectivity index (χ2n) is 7.42. The Bertz CT molecular complexity index is 476. The van der Waals surface area contributed by atoms with Crippen LogP contribution in [0, 0.1) is 18.8 Å². The molecule has 1 rings (SSSR count). The van der Waals surface area contributed by atoms with Crippen molar-refractivity contribution in [3.63, 3.8) is 0 Å². The molecule has 5 heteroatoms. The maximum atomic E-state index is 6.40. The van der Waals surface area contributed by atoms with E-state index in [1.807, 2.05) is 0 Å². The fraction of sp³-hybridized carbons (Fsp3) is 0.700. The topological polar surface area (TPSA) is 18.5 Å². The summed E-state index contributed by atoms with van der Waals surface area (Å²) in [5, 5.41) is 1.28. The molecular weight excluding hydrogens is 365 g/mol. The van der Waals surface area contributed by atoms with Crippen molar-refractivity contribution < 1.29 is 8.83 Å². The molecule has 146 valence electrons. The van der Waals surface area contributed by atoms with Gasteiger partial charge in [0.15, 0.2) is 0 Å². The molecule has 0 aliphatic rings. The molecule has 0 radical (unpaired) electrons. The molecule has 1 aromatic carbocycles. The van der Waals surface area contributed by atoms with Crippen LogP contribution in [0.4, 0.5) is 0 Å². The molecule has 4 atom stereocenters. The average Bonchev–Trinajstić information content (AvgIpc) is 2.55. The summed E-state index contributed by atoms with van der Waals surface area (Å²) < 4.78 is 12.8. The van der Waals surface area contributed by atoms with Gasteiger partial charge in [0, 0.05) is 0 Å². The predicted molar refractivity (Wildman–Crippen MR) is 122 cm³/mol. The van der Waals surface area contributed by atoms with Gasteiger partial charge in [-0.3, -0.25) is 0 Å². The predicted octanol–water partition coefficient (Wildman–Crippen LogP) is 6.92. The third-order valence-corrected chi connectivity index (χ3v) is 10.5. The summed E-state index contributed by atoms with van der Waals surface area (Å²) in [6.07, 6.45) is 6.36. The first kappa shape index (κ1) is 23.5. The van der Waals surface area contributed by atoms with E-state index in [4.69, 9.17) is 8.83 Å². The third-order valence-electron chi connectivity index (χ3n) is 4.78. The van der Waals surface area contributed by atoms with E-state index < -0.39 is 15.6 Å². The van der Waals surface area contributed by atoms with Crippen LogP contribution >= 0.6 is 24.5 Å². The van der Waals surface area contributed by atoms with Gasteiger partial charge in [0.05, 0.1) is 0 Å². The SMILES string of the molecule is CCCCC(CO[PH](C)(P)OP(C)c1ccc(C)cc1)C(C)CCC. The summed E-state index contributed by atoms with van der Waals surface area (Å²) in [4.78, 5) is 0. The zero-order chi connectivity index (χ0) is 18.9. The molecule has 0 spiro atoms. The zero-order valence-electron chi connectivity index (χ0n) is 17.0. The summed E-state index contributed by atoms with van der Waals surface area (Å²) in [5.74, 6) is 1.38. The van der Waals surface area contributed by atoms with Crippen molar-refractivity contribution in [1.29, 1.82) is 0 Å². The first-order chi connectivity index (χ1) is 11.8. The van der Waals surface area contributed by atoms with Gasteiger partial charge in [-0.05, 0) is 0 Å². The van der Waals surface area contributed by atoms with Crippen LogP contribution in [0.5, 0.6) is 0 Å². The quantitative estimate of drug-likeness (QED) is 0.352. The molecule has 4 unspecified atom stereocenters. The summed E-state index contributed by atoms with van der Waals surface area (Å²) >= 11 is 0. The second kappa shape index (κ2) is 12.0. The zero-order valence-corrected chi connectivity index (χ0v) is 20.1. The number of hydrogen-bond donors (Lipinski definition) is 0. The van der Waals surface area contributed by atoms with Crippen LogP contribution in [-0.2, 0) is 8.83 Å². The number of aryl methyl sites for hydroxylation is 1. The Balaban J connectivity index is 2.59. The van der Waals surface area contributed by atoms with Crippen molar-refractivity contribution in [3.05, 3.63) is 29.8 Å². The van der Waals surface area contributed by atoms with Gasteiger partial charge >= 0.3 is 160 Å². The van der Waals surface area contributed by atoms with E-state index in [1.54, 1.807) is 0 Å². The normalized spacial score (nSPS) is 16.4. The molecule has 0 aliphatic heterocycles. The fourth-order valence-corrected chi connectivity index (χ4v) is 8.70. The van der Waals surface area contributed by atoms with Gasteiger partial charge in [0.2, 0.25) is 0 Å². The van der Waals surface area contributed by atoms with Gasteiger partial charge in [-0.1, -0.05) is 0 Å². The van der Waals surface area contributed by atoms with Crippen molar-refractivity contribution in [2.24, 2.45) is 11.8 Å². The first-order valence-electron chi connectivity index (χ1n) is 9.71. The van der Waals surface area contributed by atoms with E-state index in [-0.39, 0.29) is 0 Å². The molecule has 0 fully saturated rings. The van der Waals surface area contributed by atoms with Crippen molar-refractivity contribution >= 4 is 29.8 Å². The third kappa shape index (κ3) is 9.26. The van der Waals surface area contributed by atoms with Crippen molar-refractivity contribution in [2.45, 2.75) is 59.8 Å². The molecular formula is C20H39O2P3. The first-order valence-corrected chi connectivity index (χ1v) is 15.5. The molecule has 0 aliphatic carbocycles. The summed E-state index contributed by atoms with van der Waals surface area (Å²) in [7, 11) is 0.0922. The van der Waals surface area contributed by atoms with Crippen LogP contribution in [0.3, 0.4) is 0 Å². The second-order valence-corrected chi connectivity index (χ2v) is 15.1. The van der Waals surface area contributed by atoms with E-state index in [0.717, 1.165) is 12.5 Å². The Hall–Kier alpha value is 0.430. The molecule has 25 heavy (non-hydrogen) atoms. The van der Waals surface area contributed by atoms with E-state index in [1.165, 1.54) is 43.0 Å². The Morgan fingerprint density at radius 1 is 1.12 bits per heavy atom. The van der Waals surface area contributed by atoms with Gasteiger partial charge in [-0.25, -0.2) is 0 Å². The molecule has 0 amide bonds. The maximum absolute atomic E-state index is 6.40. The van der Waals surface area contributed by atoms with Gasteiger partial charge < -0.3 is 0 Å². The van der Waals surface area contributed by atoms with Crippen molar-refractivity contribution in [2.75, 3.05) is 19.9 Å². The van der Waals surface area contributed by atoms with Gasteiger partial charge in [0.25, 0.3) is 0 Å². The van der Waals surface area contributed by atoms with Crippen LogP contribution < -0.4 is 5.30 Å². The van der Waals surface area contributed by atoms with Gasteiger partial charge in [0.1, 0.15) is 0 Å². The summed E-state index contributed by atoms with van der Waals surface area (Å²) in [6.45, 7) is 14.2. The molecule has 0 heterocycles. The Kier molecular flexibility index (Phi) is 11.3. The molecule has 0 N–H and O–H groups in total. The van der Waals surface area contributed by atoms with Crippen LogP contribution in [-0.4, -0.2) is 19.9 Å². The van der Waals surface area contributed by atoms with Crippen LogP contribution in [0.1, 0.15) is 58.4 Å². The Morgan fingerprint density at radius 3 is 2.32 bits per heavy atom. The average molecular weight is 404 g/mol. The molecule has 0 saturated carbocycles. The molecule has 0 saturated heterocycles. The van der Waals surface area contributed by atoms with Crippen LogP contribution in [0.2, 0.25) is 0 Å².